The van der Waals surface area contributed by atoms with Crippen LogP contribution in [-0.2, 0) is 41.8 Å². The third-order valence-electron chi connectivity index (χ3n) is 9.00. The van der Waals surface area contributed by atoms with Crippen LogP contribution < -0.4 is 0 Å². The Morgan fingerprint density at radius 1 is 0.507 bits per heavy atom. The molecule has 5 atom stereocenters. The second-order valence-corrected chi connectivity index (χ2v) is 18.0. The summed E-state index contributed by atoms with van der Waals surface area (Å²) in [5.74, 6) is -1.25. The van der Waals surface area contributed by atoms with Crippen LogP contribution in [0.15, 0.2) is 122 Å². The maximum Gasteiger partial charge on any atom is 0.472 e. The molecule has 67 heavy (non-hydrogen) atoms. The lowest BCUT2D eigenvalue weighted by Gasteiger charge is -2.20. The van der Waals surface area contributed by atoms with E-state index >= 15 is 0 Å². The predicted octanol–water partition coefficient (Wildman–Crippen LogP) is 10.4. The number of phosphoric acid groups is 2. The van der Waals surface area contributed by atoms with Crippen molar-refractivity contribution in [3.05, 3.63) is 122 Å². The van der Waals surface area contributed by atoms with Crippen molar-refractivity contribution < 1.29 is 71.8 Å². The Balaban J connectivity index is 4.79. The maximum absolute atomic E-state index is 12.7. The highest BCUT2D eigenvalue weighted by Gasteiger charge is 2.28. The molecule has 0 aliphatic carbocycles. The molecule has 0 aliphatic heterocycles. The minimum Gasteiger partial charge on any atom is -0.462 e. The number of allylic oxidation sites excluding steroid dienone is 16. The Kier molecular flexibility index (Phi) is 41.4. The largest absolute Gasteiger partial charge is 0.472 e. The third-order valence-corrected chi connectivity index (χ3v) is 10.4. The van der Waals surface area contributed by atoms with E-state index in [0.29, 0.717) is 32.1 Å². The normalized spacial score (nSPS) is 15.9. The van der Waals surface area contributed by atoms with E-state index in [4.69, 9.17) is 23.8 Å². The summed E-state index contributed by atoms with van der Waals surface area (Å²) < 4.78 is 47.7. The number of aliphatic hydroxyl groups excluding tert-OH is 3. The quantitative estimate of drug-likeness (QED) is 0.0110. The average molecular weight is 983 g/mol. The molecule has 0 amide bonds. The molecule has 0 radical (unpaired) electrons. The molecular formula is C50H80O15P2. The molecule has 0 bridgehead atoms. The molecule has 0 aromatic carbocycles. The van der Waals surface area contributed by atoms with Crippen molar-refractivity contribution >= 4 is 27.6 Å². The second kappa shape index (κ2) is 43.7. The first-order chi connectivity index (χ1) is 32.2. The highest BCUT2D eigenvalue weighted by atomic mass is 31.2. The molecule has 1 unspecified atom stereocenters. The third kappa shape index (κ3) is 47.3. The first-order valence-electron chi connectivity index (χ1n) is 23.4. The Bertz CT molecular complexity index is 1670. The Morgan fingerprint density at radius 3 is 1.55 bits per heavy atom. The fraction of sp³-hybridized carbons (Fsp3) is 0.560. The lowest BCUT2D eigenvalue weighted by molar-refractivity contribution is -0.161. The van der Waals surface area contributed by atoms with Gasteiger partial charge in [0.2, 0.25) is 0 Å². The van der Waals surface area contributed by atoms with Crippen LogP contribution in [0.5, 0.6) is 0 Å². The van der Waals surface area contributed by atoms with Crippen molar-refractivity contribution in [2.75, 3.05) is 26.4 Å². The van der Waals surface area contributed by atoms with Gasteiger partial charge >= 0.3 is 27.6 Å². The fourth-order valence-corrected chi connectivity index (χ4v) is 6.57. The molecule has 0 aromatic heterocycles. The molecule has 6 N–H and O–H groups in total. The zero-order valence-electron chi connectivity index (χ0n) is 39.7. The summed E-state index contributed by atoms with van der Waals surface area (Å²) >= 11 is 0. The van der Waals surface area contributed by atoms with E-state index in [1.54, 1.807) is 42.5 Å². The van der Waals surface area contributed by atoms with Gasteiger partial charge in [0.05, 0.1) is 32.0 Å². The summed E-state index contributed by atoms with van der Waals surface area (Å²) in [6.45, 7) is 1.29. The first-order valence-corrected chi connectivity index (χ1v) is 26.5. The van der Waals surface area contributed by atoms with Crippen LogP contribution in [0.3, 0.4) is 0 Å². The number of hydrogen-bond donors (Lipinski definition) is 6. The van der Waals surface area contributed by atoms with Crippen LogP contribution >= 0.6 is 15.6 Å². The molecule has 15 nitrogen and oxygen atoms in total. The van der Waals surface area contributed by atoms with Gasteiger partial charge in [0, 0.05) is 12.8 Å². The number of rotatable bonds is 42. The van der Waals surface area contributed by atoms with Gasteiger partial charge in [0.15, 0.2) is 6.10 Å². The minimum atomic E-state index is -4.90. The fourth-order valence-electron chi connectivity index (χ4n) is 5.41. The molecular weight excluding hydrogens is 902 g/mol. The van der Waals surface area contributed by atoms with E-state index in [0.717, 1.165) is 51.4 Å². The number of ether oxygens (including phenoxy) is 2. The SMILES string of the molecule is CC/C=C\C[C@H](O)/C=C/C=C\C=C\[C@H](O)C/C=C\C/C=C\CCC(=O)O[C@H](COC(=O)CCCCC/C=C\C/C=C\C/C=C\C/C=C\CCCCC)COP(=O)(O)OC[C@@H](O)COP(=O)(O)O. The monoisotopic (exact) mass is 982 g/mol. The first kappa shape index (κ1) is 63.4. The number of aliphatic hydroxyl groups is 3. The molecule has 0 rings (SSSR count). The Morgan fingerprint density at radius 2 is 1.00 bits per heavy atom. The van der Waals surface area contributed by atoms with Gasteiger partial charge in [-0.05, 0) is 83.5 Å². The Labute approximate surface area is 399 Å². The summed E-state index contributed by atoms with van der Waals surface area (Å²) in [6, 6.07) is 0. The van der Waals surface area contributed by atoms with Crippen molar-refractivity contribution in [2.24, 2.45) is 0 Å². The molecule has 0 saturated heterocycles. The van der Waals surface area contributed by atoms with Gasteiger partial charge in [0.25, 0.3) is 0 Å². The van der Waals surface area contributed by atoms with Crippen LogP contribution in [-0.4, -0.2) is 92.8 Å². The summed E-state index contributed by atoms with van der Waals surface area (Å²) in [6.07, 6.45) is 48.3. The number of phosphoric ester groups is 2. The van der Waals surface area contributed by atoms with Crippen LogP contribution in [0.4, 0.5) is 0 Å². The molecule has 0 saturated carbocycles. The van der Waals surface area contributed by atoms with Gasteiger partial charge in [-0.25, -0.2) is 9.13 Å². The van der Waals surface area contributed by atoms with E-state index in [1.807, 2.05) is 37.3 Å². The van der Waals surface area contributed by atoms with Gasteiger partial charge in [-0.2, -0.15) is 0 Å². The number of carbonyl (C=O) groups excluding carboxylic acids is 2. The molecule has 0 spiro atoms. The van der Waals surface area contributed by atoms with E-state index in [9.17, 15) is 38.9 Å². The lowest BCUT2D eigenvalue weighted by atomic mass is 10.1. The van der Waals surface area contributed by atoms with Crippen molar-refractivity contribution in [1.29, 1.82) is 0 Å². The number of hydrogen-bond acceptors (Lipinski definition) is 12. The zero-order valence-corrected chi connectivity index (χ0v) is 41.5. The predicted molar refractivity (Wildman–Crippen MR) is 264 cm³/mol. The van der Waals surface area contributed by atoms with Crippen molar-refractivity contribution in [1.82, 2.24) is 0 Å². The summed E-state index contributed by atoms with van der Waals surface area (Å²) in [5, 5.41) is 29.8. The lowest BCUT2D eigenvalue weighted by Crippen LogP contribution is -2.29. The molecule has 0 aliphatic rings. The number of esters is 2. The standard InChI is InChI=1S/C50H80O15P2/c1-3-5-7-8-9-10-11-12-13-14-15-16-17-18-19-20-21-25-33-39-49(54)61-43-48(44-64-67(59,60)63-42-47(53)41-62-66(56,57)58)65-50(55)40-34-26-23-22-24-30-36-46(52)38-32-28-27-31-37-45(51)35-29-6-4-2/h6,9-10,12-13,15-16,18-19,23-24,26-32,37-38,45-48,51-53H,3-5,7-8,11,14,17,20-22,25,33-36,39-44H2,1-2H3,(H,59,60)(H2,56,57,58)/b10-9-,13-12-,16-15-,19-18-,26-23-,28-27-,29-6-,30-24-,37-31+,38-32+/t45-,46+,47-,48+/m0/s1. The highest BCUT2D eigenvalue weighted by Crippen LogP contribution is 2.43. The smallest absolute Gasteiger partial charge is 0.462 e. The van der Waals surface area contributed by atoms with Crippen molar-refractivity contribution in [3.8, 4) is 0 Å². The summed E-state index contributed by atoms with van der Waals surface area (Å²) in [7, 11) is -9.77. The topological polar surface area (TPSA) is 236 Å². The summed E-state index contributed by atoms with van der Waals surface area (Å²) in [4.78, 5) is 52.8. The molecule has 0 fully saturated rings. The summed E-state index contributed by atoms with van der Waals surface area (Å²) in [5.41, 5.74) is 0. The van der Waals surface area contributed by atoms with E-state index in [-0.39, 0.29) is 12.8 Å². The molecule has 0 heterocycles. The van der Waals surface area contributed by atoms with Gasteiger partial charge in [-0.15, -0.1) is 0 Å². The van der Waals surface area contributed by atoms with Gasteiger partial charge < -0.3 is 39.5 Å². The number of carbonyl (C=O) groups is 2. The average Bonchev–Trinajstić information content (AvgIpc) is 3.28. The zero-order chi connectivity index (χ0) is 49.7. The Hall–Kier alpha value is -3.56. The number of unbranched alkanes of at least 4 members (excludes halogenated alkanes) is 6. The van der Waals surface area contributed by atoms with E-state index in [2.05, 4.69) is 64.6 Å². The van der Waals surface area contributed by atoms with E-state index < -0.39 is 78.4 Å². The van der Waals surface area contributed by atoms with Crippen LogP contribution in [0.1, 0.15) is 129 Å². The van der Waals surface area contributed by atoms with Gasteiger partial charge in [-0.3, -0.25) is 23.2 Å². The second-order valence-electron chi connectivity index (χ2n) is 15.3. The maximum atomic E-state index is 12.7. The van der Waals surface area contributed by atoms with Crippen LogP contribution in [0, 0.1) is 0 Å². The molecule has 0 aromatic rings. The molecule has 17 heteroatoms. The minimum absolute atomic E-state index is 0.0652. The van der Waals surface area contributed by atoms with Crippen molar-refractivity contribution in [2.45, 2.75) is 154 Å². The van der Waals surface area contributed by atoms with Gasteiger partial charge in [0.1, 0.15) is 12.7 Å². The van der Waals surface area contributed by atoms with Crippen LogP contribution in [0.2, 0.25) is 0 Å². The van der Waals surface area contributed by atoms with Crippen LogP contribution in [0.25, 0.3) is 0 Å². The molecule has 380 valence electrons. The van der Waals surface area contributed by atoms with Crippen molar-refractivity contribution in [3.63, 3.8) is 0 Å². The highest BCUT2D eigenvalue weighted by molar-refractivity contribution is 7.47. The van der Waals surface area contributed by atoms with E-state index in [1.165, 1.54) is 19.3 Å². The van der Waals surface area contributed by atoms with Gasteiger partial charge in [-0.1, -0.05) is 155 Å².